The van der Waals surface area contributed by atoms with Crippen LogP contribution in [0.25, 0.3) is 0 Å². The Morgan fingerprint density at radius 2 is 1.76 bits per heavy atom. The minimum absolute atomic E-state index is 0.0237. The third-order valence-corrected chi connectivity index (χ3v) is 2.87. The molecular weight excluding hydrogens is 328 g/mol. The van der Waals surface area contributed by atoms with Gasteiger partial charge in [0.1, 0.15) is 6.61 Å². The summed E-state index contributed by atoms with van der Waals surface area (Å²) in [5.41, 5.74) is 0.680. The molecule has 1 aromatic rings. The van der Waals surface area contributed by atoms with Gasteiger partial charge in [-0.15, -0.1) is 0 Å². The molecule has 0 heterocycles. The Morgan fingerprint density at radius 3 is 2.32 bits per heavy atom. The zero-order valence-corrected chi connectivity index (χ0v) is 14.4. The van der Waals surface area contributed by atoms with Crippen LogP contribution >= 0.6 is 0 Å². The van der Waals surface area contributed by atoms with E-state index in [9.17, 15) is 14.4 Å². The van der Waals surface area contributed by atoms with Crippen LogP contribution in [0.15, 0.2) is 42.6 Å². The van der Waals surface area contributed by atoms with Crippen LogP contribution < -0.4 is 10.6 Å². The first-order chi connectivity index (χ1) is 11.8. The van der Waals surface area contributed by atoms with E-state index in [-0.39, 0.29) is 18.4 Å². The maximum atomic E-state index is 11.9. The highest BCUT2D eigenvalue weighted by Gasteiger charge is 2.27. The van der Waals surface area contributed by atoms with E-state index in [2.05, 4.69) is 21.9 Å². The fourth-order valence-electron chi connectivity index (χ4n) is 1.74. The number of hydrogen-bond donors (Lipinski definition) is 2. The molecule has 1 aromatic carbocycles. The molecule has 0 radical (unpaired) electrons. The van der Waals surface area contributed by atoms with Crippen molar-refractivity contribution in [3.8, 4) is 0 Å². The Balaban J connectivity index is 2.62. The summed E-state index contributed by atoms with van der Waals surface area (Å²) in [5, 5.41) is 4.57. The van der Waals surface area contributed by atoms with E-state index in [4.69, 9.17) is 9.47 Å². The second-order valence-corrected chi connectivity index (χ2v) is 5.27. The first-order valence-corrected chi connectivity index (χ1v) is 7.55. The molecule has 2 N–H and O–H groups in total. The molecular formula is C17H22N2O6. The Hall–Kier alpha value is -3.03. The number of amides is 2. The quantitative estimate of drug-likeness (QED) is 0.577. The second kappa shape index (κ2) is 9.96. The second-order valence-electron chi connectivity index (χ2n) is 5.27. The van der Waals surface area contributed by atoms with Crippen LogP contribution in [0.1, 0.15) is 19.4 Å². The summed E-state index contributed by atoms with van der Waals surface area (Å²) >= 11 is 0. The fourth-order valence-corrected chi connectivity index (χ4v) is 1.74. The molecule has 0 aliphatic rings. The van der Waals surface area contributed by atoms with Crippen molar-refractivity contribution in [1.82, 2.24) is 10.6 Å². The van der Waals surface area contributed by atoms with Crippen molar-refractivity contribution < 1.29 is 28.6 Å². The van der Waals surface area contributed by atoms with Gasteiger partial charge in [0.2, 0.25) is 0 Å². The van der Waals surface area contributed by atoms with Gasteiger partial charge in [-0.2, -0.15) is 0 Å². The van der Waals surface area contributed by atoms with E-state index in [1.807, 2.05) is 6.07 Å². The highest BCUT2D eigenvalue weighted by molar-refractivity contribution is 5.85. The first-order valence-electron chi connectivity index (χ1n) is 7.55. The van der Waals surface area contributed by atoms with E-state index in [1.165, 1.54) is 0 Å². The summed E-state index contributed by atoms with van der Waals surface area (Å²) < 4.78 is 14.5. The molecule has 8 nitrogen and oxygen atoms in total. The minimum Gasteiger partial charge on any atom is -0.467 e. The van der Waals surface area contributed by atoms with E-state index in [1.54, 1.807) is 38.1 Å². The average molecular weight is 350 g/mol. The van der Waals surface area contributed by atoms with E-state index in [0.717, 1.165) is 12.7 Å². The number of carbonyl (C=O) groups excluding carboxylic acids is 3. The number of nitrogens with one attached hydrogen (secondary N) is 2. The fraction of sp³-hybridized carbons (Fsp3) is 0.353. The number of methoxy groups -OCH3 is 1. The van der Waals surface area contributed by atoms with E-state index in [0.29, 0.717) is 0 Å². The smallest absolute Gasteiger partial charge is 0.411 e. The van der Waals surface area contributed by atoms with Crippen LogP contribution in [-0.2, 0) is 25.6 Å². The lowest BCUT2D eigenvalue weighted by molar-refractivity contribution is -0.142. The molecule has 136 valence electrons. The lowest BCUT2D eigenvalue weighted by Crippen LogP contribution is -2.47. The molecule has 0 saturated carbocycles. The highest BCUT2D eigenvalue weighted by atomic mass is 16.6. The molecule has 1 rings (SSSR count). The zero-order chi connectivity index (χ0) is 18.8. The zero-order valence-electron chi connectivity index (χ0n) is 14.4. The third kappa shape index (κ3) is 7.38. The van der Waals surface area contributed by atoms with Gasteiger partial charge in [-0.25, -0.2) is 14.4 Å². The standard InChI is InChI=1S/C17H22N2O6/c1-11(2)25-17(22)18-12(3)14(15(20)23-4)19-16(21)24-10-13-8-6-5-7-9-13/h5-9,11,14H,3,10H2,1-2,4H3,(H,18,22)(H,19,21)/t14-/m0/s1. The Kier molecular flexibility index (Phi) is 7.98. The average Bonchev–Trinajstić information content (AvgIpc) is 2.57. The molecule has 0 bridgehead atoms. The van der Waals surface area contributed by atoms with Gasteiger partial charge < -0.3 is 19.5 Å². The molecule has 0 spiro atoms. The SMILES string of the molecule is C=C(NC(=O)OC(C)C)[C@H](NC(=O)OCc1ccccc1)C(=O)OC. The maximum absolute atomic E-state index is 11.9. The molecule has 25 heavy (non-hydrogen) atoms. The lowest BCUT2D eigenvalue weighted by atomic mass is 10.2. The van der Waals surface area contributed by atoms with Gasteiger partial charge in [-0.05, 0) is 19.4 Å². The molecule has 0 unspecified atom stereocenters. The number of alkyl carbamates (subject to hydrolysis) is 2. The highest BCUT2D eigenvalue weighted by Crippen LogP contribution is 2.04. The predicted octanol–water partition coefficient (Wildman–Crippen LogP) is 2.10. The molecule has 2 amide bonds. The Bertz CT molecular complexity index is 615. The van der Waals surface area contributed by atoms with Crippen molar-refractivity contribution in [2.75, 3.05) is 7.11 Å². The van der Waals surface area contributed by atoms with Gasteiger partial charge >= 0.3 is 18.2 Å². The van der Waals surface area contributed by atoms with Crippen LogP contribution in [0.5, 0.6) is 0 Å². The van der Waals surface area contributed by atoms with Crippen molar-refractivity contribution in [2.45, 2.75) is 32.6 Å². The van der Waals surface area contributed by atoms with Crippen LogP contribution in [0, 0.1) is 0 Å². The minimum atomic E-state index is -1.31. The van der Waals surface area contributed by atoms with Crippen molar-refractivity contribution in [1.29, 1.82) is 0 Å². The summed E-state index contributed by atoms with van der Waals surface area (Å²) in [4.78, 5) is 35.3. The maximum Gasteiger partial charge on any atom is 0.411 e. The molecule has 8 heteroatoms. The van der Waals surface area contributed by atoms with Crippen molar-refractivity contribution >= 4 is 18.2 Å². The topological polar surface area (TPSA) is 103 Å². The summed E-state index contributed by atoms with van der Waals surface area (Å²) in [6.07, 6.45) is -2.01. The summed E-state index contributed by atoms with van der Waals surface area (Å²) in [5.74, 6) is -0.813. The van der Waals surface area contributed by atoms with E-state index < -0.39 is 24.2 Å². The number of benzene rings is 1. The van der Waals surface area contributed by atoms with Crippen molar-refractivity contribution in [3.63, 3.8) is 0 Å². The monoisotopic (exact) mass is 350 g/mol. The molecule has 0 fully saturated rings. The molecule has 0 aromatic heterocycles. The molecule has 0 aliphatic carbocycles. The van der Waals surface area contributed by atoms with Gasteiger partial charge in [0.25, 0.3) is 0 Å². The van der Waals surface area contributed by atoms with Crippen molar-refractivity contribution in [3.05, 3.63) is 48.2 Å². The van der Waals surface area contributed by atoms with Gasteiger partial charge in [0.15, 0.2) is 6.04 Å². The van der Waals surface area contributed by atoms with Gasteiger partial charge in [-0.1, -0.05) is 36.9 Å². The normalized spacial score (nSPS) is 11.2. The number of carbonyl (C=O) groups is 3. The Labute approximate surface area is 146 Å². The van der Waals surface area contributed by atoms with Gasteiger partial charge in [-0.3, -0.25) is 5.32 Å². The van der Waals surface area contributed by atoms with E-state index >= 15 is 0 Å². The van der Waals surface area contributed by atoms with Crippen LogP contribution in [-0.4, -0.2) is 37.4 Å². The first kappa shape index (κ1) is 20.0. The summed E-state index contributed by atoms with van der Waals surface area (Å²) in [6.45, 7) is 6.92. The molecule has 0 aliphatic heterocycles. The van der Waals surface area contributed by atoms with Crippen molar-refractivity contribution in [2.24, 2.45) is 0 Å². The lowest BCUT2D eigenvalue weighted by Gasteiger charge is -2.19. The third-order valence-electron chi connectivity index (χ3n) is 2.87. The summed E-state index contributed by atoms with van der Waals surface area (Å²) in [6, 6.07) is 7.71. The number of esters is 1. The Morgan fingerprint density at radius 1 is 1.12 bits per heavy atom. The number of rotatable bonds is 7. The number of ether oxygens (including phenoxy) is 3. The van der Waals surface area contributed by atoms with Crippen LogP contribution in [0.3, 0.4) is 0 Å². The van der Waals surface area contributed by atoms with Crippen LogP contribution in [0.2, 0.25) is 0 Å². The molecule has 1 atom stereocenters. The van der Waals surface area contributed by atoms with Gasteiger partial charge in [0.05, 0.1) is 13.2 Å². The van der Waals surface area contributed by atoms with Gasteiger partial charge in [0, 0.05) is 5.70 Å². The van der Waals surface area contributed by atoms with Crippen LogP contribution in [0.4, 0.5) is 9.59 Å². The largest absolute Gasteiger partial charge is 0.467 e. The predicted molar refractivity (Wildman–Crippen MR) is 89.5 cm³/mol. The summed E-state index contributed by atoms with van der Waals surface area (Å²) in [7, 11) is 1.14. The molecule has 0 saturated heterocycles. The number of hydrogen-bond acceptors (Lipinski definition) is 6.